The standard InChI is InChI=1S/C13H9Cl2N3S2/c14-7-4-8-12(17-11(7)15)18-13(16-8)10-3-6-5-19-2-1-9(6)20-10/h3-4H,1-2,5H2,(H,16,17,18). The van der Waals surface area contributed by atoms with E-state index in [1.165, 1.54) is 16.2 Å². The molecular weight excluding hydrogens is 333 g/mol. The maximum absolute atomic E-state index is 5.98. The Morgan fingerprint density at radius 2 is 2.10 bits per heavy atom. The maximum atomic E-state index is 5.98. The molecule has 3 aromatic rings. The lowest BCUT2D eigenvalue weighted by Crippen LogP contribution is -1.96. The van der Waals surface area contributed by atoms with E-state index < -0.39 is 0 Å². The second kappa shape index (κ2) is 4.91. The molecule has 0 bridgehead atoms. The van der Waals surface area contributed by atoms with E-state index in [0.29, 0.717) is 15.8 Å². The number of thiophene rings is 1. The molecule has 0 saturated carbocycles. The lowest BCUT2D eigenvalue weighted by Gasteiger charge is -2.08. The number of hydrogen-bond donors (Lipinski definition) is 1. The average molecular weight is 342 g/mol. The van der Waals surface area contributed by atoms with E-state index >= 15 is 0 Å². The number of H-pyrrole nitrogens is 1. The molecule has 0 atom stereocenters. The average Bonchev–Trinajstić information content (AvgIpc) is 3.02. The predicted octanol–water partition coefficient (Wildman–Crippen LogP) is 4.78. The first kappa shape index (κ1) is 13.0. The first-order valence-corrected chi connectivity index (χ1v) is 8.85. The number of rotatable bonds is 1. The van der Waals surface area contributed by atoms with Crippen LogP contribution >= 0.6 is 46.3 Å². The Balaban J connectivity index is 1.83. The minimum Gasteiger partial charge on any atom is -0.336 e. The van der Waals surface area contributed by atoms with Gasteiger partial charge in [0.15, 0.2) is 11.5 Å². The van der Waals surface area contributed by atoms with Crippen molar-refractivity contribution in [1.29, 1.82) is 0 Å². The molecule has 3 nitrogen and oxygen atoms in total. The van der Waals surface area contributed by atoms with Crippen LogP contribution < -0.4 is 0 Å². The minimum absolute atomic E-state index is 0.291. The maximum Gasteiger partial charge on any atom is 0.179 e. The predicted molar refractivity (Wildman–Crippen MR) is 87.1 cm³/mol. The molecule has 0 radical (unpaired) electrons. The van der Waals surface area contributed by atoms with Crippen LogP contribution in [0.4, 0.5) is 0 Å². The third-order valence-electron chi connectivity index (χ3n) is 3.24. The monoisotopic (exact) mass is 341 g/mol. The molecule has 0 amide bonds. The number of thioether (sulfide) groups is 1. The van der Waals surface area contributed by atoms with Crippen molar-refractivity contribution in [3.8, 4) is 10.7 Å². The van der Waals surface area contributed by atoms with Crippen molar-refractivity contribution in [3.63, 3.8) is 0 Å². The number of nitrogens with one attached hydrogen (secondary N) is 1. The number of hydrogen-bond acceptors (Lipinski definition) is 4. The summed E-state index contributed by atoms with van der Waals surface area (Å²) in [6, 6.07) is 4.00. The van der Waals surface area contributed by atoms with E-state index in [1.54, 1.807) is 6.07 Å². The van der Waals surface area contributed by atoms with Gasteiger partial charge in [-0.3, -0.25) is 0 Å². The SMILES string of the molecule is Clc1cc2[nH]c(-c3cc4c(s3)CCSC4)nc2nc1Cl. The molecule has 1 aliphatic rings. The van der Waals surface area contributed by atoms with Gasteiger partial charge in [-0.2, -0.15) is 11.8 Å². The molecule has 4 rings (SSSR count). The van der Waals surface area contributed by atoms with Gasteiger partial charge in [0.25, 0.3) is 0 Å². The van der Waals surface area contributed by atoms with E-state index in [9.17, 15) is 0 Å². The molecule has 1 N–H and O–H groups in total. The van der Waals surface area contributed by atoms with Crippen LogP contribution in [0.3, 0.4) is 0 Å². The van der Waals surface area contributed by atoms with Gasteiger partial charge in [-0.25, -0.2) is 9.97 Å². The summed E-state index contributed by atoms with van der Waals surface area (Å²) in [5, 5.41) is 0.732. The number of fused-ring (bicyclic) bond motifs is 2. The number of imidazole rings is 1. The summed E-state index contributed by atoms with van der Waals surface area (Å²) in [6.45, 7) is 0. The van der Waals surface area contributed by atoms with Crippen molar-refractivity contribution < 1.29 is 0 Å². The van der Waals surface area contributed by atoms with Crippen LogP contribution in [0.5, 0.6) is 0 Å². The molecule has 3 aromatic heterocycles. The van der Waals surface area contributed by atoms with Crippen LogP contribution in [0, 0.1) is 0 Å². The molecule has 0 saturated heterocycles. The Bertz CT molecular complexity index is 747. The quantitative estimate of drug-likeness (QED) is 0.647. The number of aryl methyl sites for hydroxylation is 1. The normalized spacial score (nSPS) is 14.7. The zero-order valence-electron chi connectivity index (χ0n) is 10.2. The van der Waals surface area contributed by atoms with Gasteiger partial charge in [-0.1, -0.05) is 23.2 Å². The first-order valence-electron chi connectivity index (χ1n) is 6.12. The molecule has 0 unspecified atom stereocenters. The molecule has 0 fully saturated rings. The molecular formula is C13H9Cl2N3S2. The van der Waals surface area contributed by atoms with Crippen LogP contribution in [-0.4, -0.2) is 20.7 Å². The van der Waals surface area contributed by atoms with Crippen molar-refractivity contribution in [1.82, 2.24) is 15.0 Å². The summed E-state index contributed by atoms with van der Waals surface area (Å²) in [6.07, 6.45) is 1.15. The van der Waals surface area contributed by atoms with Crippen LogP contribution in [-0.2, 0) is 12.2 Å². The molecule has 4 heterocycles. The van der Waals surface area contributed by atoms with E-state index in [1.807, 2.05) is 23.1 Å². The van der Waals surface area contributed by atoms with Crippen LogP contribution in [0.25, 0.3) is 21.9 Å². The summed E-state index contributed by atoms with van der Waals surface area (Å²) in [4.78, 5) is 14.6. The third kappa shape index (κ3) is 2.13. The van der Waals surface area contributed by atoms with E-state index in [4.69, 9.17) is 23.2 Å². The summed E-state index contributed by atoms with van der Waals surface area (Å²) in [5.74, 6) is 3.15. The van der Waals surface area contributed by atoms with Gasteiger partial charge in [-0.15, -0.1) is 11.3 Å². The van der Waals surface area contributed by atoms with Gasteiger partial charge >= 0.3 is 0 Å². The zero-order chi connectivity index (χ0) is 13.7. The van der Waals surface area contributed by atoms with Gasteiger partial charge in [0.2, 0.25) is 0 Å². The fourth-order valence-corrected chi connectivity index (χ4v) is 4.88. The van der Waals surface area contributed by atoms with Gasteiger partial charge in [0, 0.05) is 10.6 Å². The number of halogens is 2. The van der Waals surface area contributed by atoms with Crippen molar-refractivity contribution in [3.05, 3.63) is 32.7 Å². The van der Waals surface area contributed by atoms with Gasteiger partial charge in [0.05, 0.1) is 15.4 Å². The highest BCUT2D eigenvalue weighted by molar-refractivity contribution is 7.98. The van der Waals surface area contributed by atoms with E-state index in [2.05, 4.69) is 21.0 Å². The molecule has 0 aromatic carbocycles. The number of pyridine rings is 1. The van der Waals surface area contributed by atoms with Crippen LogP contribution in [0.2, 0.25) is 10.2 Å². The first-order chi connectivity index (χ1) is 9.70. The summed E-state index contributed by atoms with van der Waals surface area (Å²) >= 11 is 15.7. The Morgan fingerprint density at radius 3 is 2.95 bits per heavy atom. The number of aromatic amines is 1. The molecule has 1 aliphatic heterocycles. The zero-order valence-corrected chi connectivity index (χ0v) is 13.4. The number of nitrogens with zero attached hydrogens (tertiary/aromatic N) is 2. The molecule has 102 valence electrons. The van der Waals surface area contributed by atoms with Crippen molar-refractivity contribution in [2.24, 2.45) is 0 Å². The summed E-state index contributed by atoms with van der Waals surface area (Å²) in [5.41, 5.74) is 2.86. The summed E-state index contributed by atoms with van der Waals surface area (Å²) < 4.78 is 0. The lowest BCUT2D eigenvalue weighted by atomic mass is 10.2. The highest BCUT2D eigenvalue weighted by atomic mass is 35.5. The Morgan fingerprint density at radius 1 is 1.20 bits per heavy atom. The van der Waals surface area contributed by atoms with E-state index in [-0.39, 0.29) is 0 Å². The molecule has 0 aliphatic carbocycles. The summed E-state index contributed by atoms with van der Waals surface area (Å²) in [7, 11) is 0. The topological polar surface area (TPSA) is 41.6 Å². The lowest BCUT2D eigenvalue weighted by molar-refractivity contribution is 1.13. The fraction of sp³-hybridized carbons (Fsp3) is 0.231. The second-order valence-corrected chi connectivity index (χ2v) is 7.59. The second-order valence-electron chi connectivity index (χ2n) is 4.58. The fourth-order valence-electron chi connectivity index (χ4n) is 2.28. The van der Waals surface area contributed by atoms with E-state index in [0.717, 1.165) is 28.4 Å². The van der Waals surface area contributed by atoms with Gasteiger partial charge in [-0.05, 0) is 29.9 Å². The number of aromatic nitrogens is 3. The van der Waals surface area contributed by atoms with Crippen LogP contribution in [0.15, 0.2) is 12.1 Å². The van der Waals surface area contributed by atoms with Crippen LogP contribution in [0.1, 0.15) is 10.4 Å². The Kier molecular flexibility index (Phi) is 3.18. The van der Waals surface area contributed by atoms with Crippen molar-refractivity contribution >= 4 is 57.5 Å². The van der Waals surface area contributed by atoms with Gasteiger partial charge < -0.3 is 4.98 Å². The highest BCUT2D eigenvalue weighted by Crippen LogP contribution is 2.36. The Hall–Kier alpha value is -0.750. The van der Waals surface area contributed by atoms with Gasteiger partial charge in [0.1, 0.15) is 5.15 Å². The van der Waals surface area contributed by atoms with Crippen molar-refractivity contribution in [2.45, 2.75) is 12.2 Å². The molecule has 0 spiro atoms. The Labute approximate surface area is 133 Å². The minimum atomic E-state index is 0.291. The molecule has 20 heavy (non-hydrogen) atoms. The van der Waals surface area contributed by atoms with Crippen molar-refractivity contribution in [2.75, 3.05) is 5.75 Å². The smallest absolute Gasteiger partial charge is 0.179 e. The molecule has 7 heteroatoms. The highest BCUT2D eigenvalue weighted by Gasteiger charge is 2.17. The third-order valence-corrected chi connectivity index (χ3v) is 6.17. The largest absolute Gasteiger partial charge is 0.336 e.